The lowest BCUT2D eigenvalue weighted by Crippen LogP contribution is -2.47. The Bertz CT molecular complexity index is 629. The van der Waals surface area contributed by atoms with Crippen molar-refractivity contribution in [3.63, 3.8) is 0 Å². The Labute approximate surface area is 125 Å². The molecule has 0 N–H and O–H groups in total. The SMILES string of the molecule is Cc1nc2ccccc2nc1N1CCOC(CN(C)C)C1. The Kier molecular flexibility index (Phi) is 4.03. The number of ether oxygens (including phenoxy) is 1. The van der Waals surface area contributed by atoms with E-state index in [1.807, 2.05) is 31.2 Å². The van der Waals surface area contributed by atoms with Gasteiger partial charge in [0, 0.05) is 19.6 Å². The molecule has 5 nitrogen and oxygen atoms in total. The summed E-state index contributed by atoms with van der Waals surface area (Å²) >= 11 is 0. The Balaban J connectivity index is 1.87. The average molecular weight is 286 g/mol. The van der Waals surface area contributed by atoms with Gasteiger partial charge < -0.3 is 14.5 Å². The minimum absolute atomic E-state index is 0.224. The van der Waals surface area contributed by atoms with Gasteiger partial charge in [0.05, 0.1) is 29.4 Å². The molecule has 1 fully saturated rings. The molecular weight excluding hydrogens is 264 g/mol. The zero-order valence-corrected chi connectivity index (χ0v) is 12.9. The first-order chi connectivity index (χ1) is 10.1. The number of nitrogens with zero attached hydrogens (tertiary/aromatic N) is 4. The van der Waals surface area contributed by atoms with Crippen molar-refractivity contribution in [2.75, 3.05) is 45.2 Å². The molecule has 1 aliphatic rings. The second-order valence-corrected chi connectivity index (χ2v) is 5.82. The molecule has 1 aromatic carbocycles. The van der Waals surface area contributed by atoms with Gasteiger partial charge in [0.15, 0.2) is 5.82 Å². The van der Waals surface area contributed by atoms with Gasteiger partial charge in [-0.1, -0.05) is 12.1 Å². The largest absolute Gasteiger partial charge is 0.373 e. The summed E-state index contributed by atoms with van der Waals surface area (Å²) < 4.78 is 5.84. The van der Waals surface area contributed by atoms with Crippen molar-refractivity contribution in [1.82, 2.24) is 14.9 Å². The highest BCUT2D eigenvalue weighted by Crippen LogP contribution is 2.22. The zero-order valence-electron chi connectivity index (χ0n) is 12.9. The highest BCUT2D eigenvalue weighted by Gasteiger charge is 2.23. The van der Waals surface area contributed by atoms with Crippen LogP contribution in [0.1, 0.15) is 5.69 Å². The maximum absolute atomic E-state index is 5.84. The van der Waals surface area contributed by atoms with Crippen LogP contribution < -0.4 is 4.90 Å². The van der Waals surface area contributed by atoms with Crippen molar-refractivity contribution in [2.45, 2.75) is 13.0 Å². The van der Waals surface area contributed by atoms with Crippen LogP contribution in [0.25, 0.3) is 11.0 Å². The van der Waals surface area contributed by atoms with Gasteiger partial charge in [0.2, 0.25) is 0 Å². The van der Waals surface area contributed by atoms with Gasteiger partial charge in [-0.25, -0.2) is 9.97 Å². The number of hydrogen-bond acceptors (Lipinski definition) is 5. The van der Waals surface area contributed by atoms with Crippen LogP contribution >= 0.6 is 0 Å². The molecule has 0 amide bonds. The summed E-state index contributed by atoms with van der Waals surface area (Å²) in [6.07, 6.45) is 0.224. The van der Waals surface area contributed by atoms with Crippen molar-refractivity contribution in [3.8, 4) is 0 Å². The monoisotopic (exact) mass is 286 g/mol. The molecule has 112 valence electrons. The first kappa shape index (κ1) is 14.2. The van der Waals surface area contributed by atoms with Crippen LogP contribution in [-0.2, 0) is 4.74 Å². The quantitative estimate of drug-likeness (QED) is 0.859. The number of anilines is 1. The second-order valence-electron chi connectivity index (χ2n) is 5.82. The number of rotatable bonds is 3. The molecule has 2 aromatic rings. The highest BCUT2D eigenvalue weighted by molar-refractivity contribution is 5.76. The molecule has 1 atom stereocenters. The van der Waals surface area contributed by atoms with Crippen molar-refractivity contribution in [2.24, 2.45) is 0 Å². The van der Waals surface area contributed by atoms with Crippen LogP contribution in [-0.4, -0.2) is 61.3 Å². The van der Waals surface area contributed by atoms with Crippen LogP contribution in [0.15, 0.2) is 24.3 Å². The third-order valence-electron chi connectivity index (χ3n) is 3.73. The van der Waals surface area contributed by atoms with Crippen LogP contribution in [0, 0.1) is 6.92 Å². The minimum atomic E-state index is 0.224. The maximum Gasteiger partial charge on any atom is 0.150 e. The molecule has 1 saturated heterocycles. The van der Waals surface area contributed by atoms with Gasteiger partial charge >= 0.3 is 0 Å². The lowest BCUT2D eigenvalue weighted by Gasteiger charge is -2.35. The van der Waals surface area contributed by atoms with Crippen LogP contribution in [0.2, 0.25) is 0 Å². The van der Waals surface area contributed by atoms with E-state index >= 15 is 0 Å². The summed E-state index contributed by atoms with van der Waals surface area (Å²) in [5.41, 5.74) is 2.89. The van der Waals surface area contributed by atoms with E-state index in [-0.39, 0.29) is 6.10 Å². The molecule has 0 radical (unpaired) electrons. The molecule has 5 heteroatoms. The molecule has 0 bridgehead atoms. The summed E-state index contributed by atoms with van der Waals surface area (Å²) in [5, 5.41) is 0. The van der Waals surface area contributed by atoms with Gasteiger partial charge in [0.25, 0.3) is 0 Å². The van der Waals surface area contributed by atoms with Gasteiger partial charge in [0.1, 0.15) is 0 Å². The maximum atomic E-state index is 5.84. The van der Waals surface area contributed by atoms with Gasteiger partial charge in [-0.15, -0.1) is 0 Å². The smallest absolute Gasteiger partial charge is 0.150 e. The third kappa shape index (κ3) is 3.14. The van der Waals surface area contributed by atoms with Crippen molar-refractivity contribution < 1.29 is 4.74 Å². The van der Waals surface area contributed by atoms with Crippen molar-refractivity contribution in [3.05, 3.63) is 30.0 Å². The average Bonchev–Trinajstić information content (AvgIpc) is 2.46. The number of benzene rings is 1. The Morgan fingerprint density at radius 2 is 1.95 bits per heavy atom. The fourth-order valence-corrected chi connectivity index (χ4v) is 2.81. The molecule has 21 heavy (non-hydrogen) atoms. The molecule has 0 saturated carbocycles. The number of aromatic nitrogens is 2. The lowest BCUT2D eigenvalue weighted by molar-refractivity contribution is 0.0245. The number of fused-ring (bicyclic) bond motifs is 1. The standard InChI is InChI=1S/C16H22N4O/c1-12-16(18-15-7-5-4-6-14(15)17-12)20-8-9-21-13(11-20)10-19(2)3/h4-7,13H,8-11H2,1-3H3. The van der Waals surface area contributed by atoms with Gasteiger partial charge in [-0.05, 0) is 33.2 Å². The first-order valence-electron chi connectivity index (χ1n) is 7.38. The molecule has 0 spiro atoms. The lowest BCUT2D eigenvalue weighted by atomic mass is 10.2. The minimum Gasteiger partial charge on any atom is -0.373 e. The highest BCUT2D eigenvalue weighted by atomic mass is 16.5. The summed E-state index contributed by atoms with van der Waals surface area (Å²) in [7, 11) is 4.15. The fourth-order valence-electron chi connectivity index (χ4n) is 2.81. The van der Waals surface area contributed by atoms with E-state index in [4.69, 9.17) is 9.72 Å². The molecule has 0 aliphatic carbocycles. The first-order valence-corrected chi connectivity index (χ1v) is 7.38. The third-order valence-corrected chi connectivity index (χ3v) is 3.73. The molecule has 1 unspecified atom stereocenters. The number of likely N-dealkylation sites (N-methyl/N-ethyl adjacent to an activating group) is 1. The summed E-state index contributed by atoms with van der Waals surface area (Å²) in [4.78, 5) is 13.9. The molecule has 2 heterocycles. The zero-order chi connectivity index (χ0) is 14.8. The Hall–Kier alpha value is -1.72. The van der Waals surface area contributed by atoms with E-state index in [1.165, 1.54) is 0 Å². The Morgan fingerprint density at radius 1 is 1.24 bits per heavy atom. The molecular formula is C16H22N4O. The topological polar surface area (TPSA) is 41.5 Å². The predicted octanol–water partition coefficient (Wildman–Crippen LogP) is 1.71. The van der Waals surface area contributed by atoms with Gasteiger partial charge in [-0.3, -0.25) is 0 Å². The fraction of sp³-hybridized carbons (Fsp3) is 0.500. The normalized spacial score (nSPS) is 19.4. The van der Waals surface area contributed by atoms with E-state index in [9.17, 15) is 0 Å². The van der Waals surface area contributed by atoms with E-state index in [0.29, 0.717) is 0 Å². The van der Waals surface area contributed by atoms with E-state index < -0.39 is 0 Å². The predicted molar refractivity (Wildman–Crippen MR) is 84.8 cm³/mol. The number of morpholine rings is 1. The molecule has 3 rings (SSSR count). The van der Waals surface area contributed by atoms with Crippen molar-refractivity contribution in [1.29, 1.82) is 0 Å². The van der Waals surface area contributed by atoms with E-state index in [0.717, 1.165) is 48.8 Å². The Morgan fingerprint density at radius 3 is 2.67 bits per heavy atom. The van der Waals surface area contributed by atoms with E-state index in [2.05, 4.69) is 28.9 Å². The summed E-state index contributed by atoms with van der Waals surface area (Å²) in [6, 6.07) is 8.03. The van der Waals surface area contributed by atoms with E-state index in [1.54, 1.807) is 0 Å². The number of hydrogen-bond donors (Lipinski definition) is 0. The number of aryl methyl sites for hydroxylation is 1. The second kappa shape index (κ2) is 5.95. The molecule has 1 aliphatic heterocycles. The van der Waals surface area contributed by atoms with Gasteiger partial charge in [-0.2, -0.15) is 0 Å². The molecule has 1 aromatic heterocycles. The van der Waals surface area contributed by atoms with Crippen LogP contribution in [0.4, 0.5) is 5.82 Å². The number of para-hydroxylation sites is 2. The summed E-state index contributed by atoms with van der Waals surface area (Å²) in [6.45, 7) is 5.44. The van der Waals surface area contributed by atoms with Crippen LogP contribution in [0.3, 0.4) is 0 Å². The van der Waals surface area contributed by atoms with Crippen LogP contribution in [0.5, 0.6) is 0 Å². The van der Waals surface area contributed by atoms with Crippen molar-refractivity contribution >= 4 is 16.9 Å². The summed E-state index contributed by atoms with van der Waals surface area (Å²) in [5.74, 6) is 0.987.